The zero-order chi connectivity index (χ0) is 10.6. The molecule has 0 radical (unpaired) electrons. The van der Waals surface area contributed by atoms with E-state index in [0.29, 0.717) is 17.1 Å². The first kappa shape index (κ1) is 10.9. The summed E-state index contributed by atoms with van der Waals surface area (Å²) in [6.07, 6.45) is 0.750. The molecule has 0 unspecified atom stereocenters. The third kappa shape index (κ3) is 1.99. The Morgan fingerprint density at radius 3 is 2.29 bits per heavy atom. The summed E-state index contributed by atoms with van der Waals surface area (Å²) in [4.78, 5) is 10.7. The van der Waals surface area contributed by atoms with Crippen LogP contribution in [0.4, 0.5) is 0 Å². The molecule has 14 heavy (non-hydrogen) atoms. The zero-order valence-corrected chi connectivity index (χ0v) is 8.80. The van der Waals surface area contributed by atoms with Crippen LogP contribution in [0.3, 0.4) is 0 Å². The van der Waals surface area contributed by atoms with E-state index in [0.717, 1.165) is 11.8 Å². The van der Waals surface area contributed by atoms with Crippen LogP contribution in [0.15, 0.2) is 12.1 Å². The number of methoxy groups -OCH3 is 2. The molecule has 1 aromatic rings. The molecule has 0 aliphatic heterocycles. The van der Waals surface area contributed by atoms with Crippen molar-refractivity contribution >= 4 is 17.9 Å². The second-order valence-corrected chi connectivity index (χ2v) is 2.92. The van der Waals surface area contributed by atoms with Gasteiger partial charge in [0.15, 0.2) is 17.8 Å². The van der Waals surface area contributed by atoms with Crippen LogP contribution >= 0.6 is 11.6 Å². The van der Waals surface area contributed by atoms with Crippen LogP contribution in [0.1, 0.15) is 15.9 Å². The van der Waals surface area contributed by atoms with Gasteiger partial charge in [0.1, 0.15) is 0 Å². The van der Waals surface area contributed by atoms with E-state index in [2.05, 4.69) is 0 Å². The van der Waals surface area contributed by atoms with E-state index >= 15 is 0 Å². The standard InChI is InChI=1S/C10H11ClO3/c1-13-9-3-7(5-11)8(6-12)4-10(9)14-2/h3-4,6H,5H2,1-2H3. The van der Waals surface area contributed by atoms with Gasteiger partial charge in [-0.25, -0.2) is 0 Å². The lowest BCUT2D eigenvalue weighted by molar-refractivity contribution is 0.112. The fourth-order valence-corrected chi connectivity index (χ4v) is 1.39. The van der Waals surface area contributed by atoms with Crippen molar-refractivity contribution < 1.29 is 14.3 Å². The van der Waals surface area contributed by atoms with Gasteiger partial charge >= 0.3 is 0 Å². The van der Waals surface area contributed by atoms with Crippen LogP contribution in [-0.4, -0.2) is 20.5 Å². The largest absolute Gasteiger partial charge is 0.493 e. The molecule has 3 nitrogen and oxygen atoms in total. The second kappa shape index (κ2) is 4.86. The number of alkyl halides is 1. The van der Waals surface area contributed by atoms with Crippen molar-refractivity contribution in [1.29, 1.82) is 0 Å². The first-order valence-electron chi connectivity index (χ1n) is 4.02. The summed E-state index contributed by atoms with van der Waals surface area (Å²) < 4.78 is 10.1. The highest BCUT2D eigenvalue weighted by atomic mass is 35.5. The van der Waals surface area contributed by atoms with E-state index in [4.69, 9.17) is 21.1 Å². The monoisotopic (exact) mass is 214 g/mol. The van der Waals surface area contributed by atoms with Crippen molar-refractivity contribution in [3.63, 3.8) is 0 Å². The zero-order valence-electron chi connectivity index (χ0n) is 8.04. The Bertz CT molecular complexity index is 336. The third-order valence-corrected chi connectivity index (χ3v) is 2.20. The summed E-state index contributed by atoms with van der Waals surface area (Å²) in [5.41, 5.74) is 1.26. The summed E-state index contributed by atoms with van der Waals surface area (Å²) in [5, 5.41) is 0. The molecule has 0 saturated carbocycles. The van der Waals surface area contributed by atoms with Crippen LogP contribution in [0.2, 0.25) is 0 Å². The van der Waals surface area contributed by atoms with Crippen LogP contribution < -0.4 is 9.47 Å². The normalized spacial score (nSPS) is 9.64. The average Bonchev–Trinajstić information content (AvgIpc) is 2.26. The predicted octanol–water partition coefficient (Wildman–Crippen LogP) is 2.26. The Hall–Kier alpha value is -1.22. The highest BCUT2D eigenvalue weighted by molar-refractivity contribution is 6.17. The van der Waals surface area contributed by atoms with Gasteiger partial charge < -0.3 is 9.47 Å². The smallest absolute Gasteiger partial charge is 0.161 e. The topological polar surface area (TPSA) is 35.5 Å². The molecular formula is C10H11ClO3. The van der Waals surface area contributed by atoms with Crippen LogP contribution in [0, 0.1) is 0 Å². The molecule has 0 saturated heterocycles. The van der Waals surface area contributed by atoms with Gasteiger partial charge in [0.05, 0.1) is 14.2 Å². The molecule has 0 amide bonds. The molecule has 0 aliphatic carbocycles. The molecule has 0 aliphatic rings. The lowest BCUT2D eigenvalue weighted by atomic mass is 10.1. The van der Waals surface area contributed by atoms with Crippen LogP contribution in [0.5, 0.6) is 11.5 Å². The summed E-state index contributed by atoms with van der Waals surface area (Å²) in [7, 11) is 3.06. The summed E-state index contributed by atoms with van der Waals surface area (Å²) in [6.45, 7) is 0. The van der Waals surface area contributed by atoms with Gasteiger partial charge in [-0.2, -0.15) is 0 Å². The Morgan fingerprint density at radius 1 is 1.29 bits per heavy atom. The van der Waals surface area contributed by atoms with Gasteiger partial charge in [-0.3, -0.25) is 4.79 Å². The number of carbonyl (C=O) groups is 1. The van der Waals surface area contributed by atoms with Crippen molar-refractivity contribution in [2.24, 2.45) is 0 Å². The molecule has 1 rings (SSSR count). The molecule has 0 heterocycles. The minimum atomic E-state index is 0.272. The number of rotatable bonds is 4. The average molecular weight is 215 g/mol. The maximum absolute atomic E-state index is 10.7. The van der Waals surface area contributed by atoms with E-state index in [1.807, 2.05) is 0 Å². The summed E-state index contributed by atoms with van der Waals surface area (Å²) in [5.74, 6) is 1.38. The van der Waals surface area contributed by atoms with E-state index in [-0.39, 0.29) is 5.88 Å². The molecule has 76 valence electrons. The number of hydrogen-bond donors (Lipinski definition) is 0. The van der Waals surface area contributed by atoms with E-state index < -0.39 is 0 Å². The Balaban J connectivity index is 3.27. The highest BCUT2D eigenvalue weighted by Crippen LogP contribution is 2.30. The fourth-order valence-electron chi connectivity index (χ4n) is 1.16. The first-order valence-corrected chi connectivity index (χ1v) is 4.56. The lowest BCUT2D eigenvalue weighted by Gasteiger charge is -2.10. The molecule has 0 aromatic heterocycles. The van der Waals surface area contributed by atoms with Crippen molar-refractivity contribution in [1.82, 2.24) is 0 Å². The molecular weight excluding hydrogens is 204 g/mol. The number of aldehydes is 1. The lowest BCUT2D eigenvalue weighted by Crippen LogP contribution is -1.96. The molecule has 0 fully saturated rings. The van der Waals surface area contributed by atoms with Gasteiger partial charge in [-0.15, -0.1) is 11.6 Å². The molecule has 0 spiro atoms. The van der Waals surface area contributed by atoms with Crippen molar-refractivity contribution in [2.75, 3.05) is 14.2 Å². The Kier molecular flexibility index (Phi) is 3.77. The van der Waals surface area contributed by atoms with Gasteiger partial charge in [-0.05, 0) is 17.7 Å². The molecule has 0 N–H and O–H groups in total. The third-order valence-electron chi connectivity index (χ3n) is 1.92. The van der Waals surface area contributed by atoms with Gasteiger partial charge in [-0.1, -0.05) is 0 Å². The molecule has 1 aromatic carbocycles. The minimum Gasteiger partial charge on any atom is -0.493 e. The van der Waals surface area contributed by atoms with E-state index in [9.17, 15) is 4.79 Å². The summed E-state index contributed by atoms with van der Waals surface area (Å²) in [6, 6.07) is 3.32. The van der Waals surface area contributed by atoms with Crippen molar-refractivity contribution in [3.8, 4) is 11.5 Å². The van der Waals surface area contributed by atoms with Crippen molar-refractivity contribution in [2.45, 2.75) is 5.88 Å². The number of ether oxygens (including phenoxy) is 2. The second-order valence-electron chi connectivity index (χ2n) is 2.66. The van der Waals surface area contributed by atoms with Gasteiger partial charge in [0, 0.05) is 11.4 Å². The van der Waals surface area contributed by atoms with Gasteiger partial charge in [0.2, 0.25) is 0 Å². The number of benzene rings is 1. The SMILES string of the molecule is COc1cc(C=O)c(CCl)cc1OC. The van der Waals surface area contributed by atoms with E-state index in [1.165, 1.54) is 14.2 Å². The van der Waals surface area contributed by atoms with Crippen LogP contribution in [-0.2, 0) is 5.88 Å². The number of halogens is 1. The quantitative estimate of drug-likeness (QED) is 0.570. The maximum Gasteiger partial charge on any atom is 0.161 e. The minimum absolute atomic E-state index is 0.272. The van der Waals surface area contributed by atoms with Crippen LogP contribution in [0.25, 0.3) is 0 Å². The van der Waals surface area contributed by atoms with Crippen molar-refractivity contribution in [3.05, 3.63) is 23.3 Å². The Labute approximate surface area is 87.6 Å². The Morgan fingerprint density at radius 2 is 1.86 bits per heavy atom. The molecule has 4 heteroatoms. The van der Waals surface area contributed by atoms with Gasteiger partial charge in [0.25, 0.3) is 0 Å². The maximum atomic E-state index is 10.7. The first-order chi connectivity index (χ1) is 6.76. The number of carbonyl (C=O) groups excluding carboxylic acids is 1. The number of hydrogen-bond acceptors (Lipinski definition) is 3. The fraction of sp³-hybridized carbons (Fsp3) is 0.300. The summed E-state index contributed by atoms with van der Waals surface area (Å²) >= 11 is 5.68. The highest BCUT2D eigenvalue weighted by Gasteiger charge is 2.09. The predicted molar refractivity (Wildman–Crippen MR) is 54.5 cm³/mol. The van der Waals surface area contributed by atoms with E-state index in [1.54, 1.807) is 12.1 Å². The molecule has 0 bridgehead atoms. The molecule has 0 atom stereocenters.